The highest BCUT2D eigenvalue weighted by Crippen LogP contribution is 2.45. The molecular formula is C18H22N2O4. The van der Waals surface area contributed by atoms with Crippen LogP contribution >= 0.6 is 0 Å². The van der Waals surface area contributed by atoms with Crippen LogP contribution in [0.25, 0.3) is 0 Å². The lowest BCUT2D eigenvalue weighted by atomic mass is 10.0. The molecule has 4 aliphatic rings. The summed E-state index contributed by atoms with van der Waals surface area (Å²) in [5, 5.41) is 0. The lowest BCUT2D eigenvalue weighted by Crippen LogP contribution is -2.56. The molecule has 4 heterocycles. The molecular weight excluding hydrogens is 308 g/mol. The fourth-order valence-electron chi connectivity index (χ4n) is 4.64. The molecule has 1 aromatic rings. The van der Waals surface area contributed by atoms with E-state index in [2.05, 4.69) is 17.0 Å². The van der Waals surface area contributed by atoms with Crippen molar-refractivity contribution < 1.29 is 19.0 Å². The van der Waals surface area contributed by atoms with Gasteiger partial charge in [-0.15, -0.1) is 0 Å². The van der Waals surface area contributed by atoms with E-state index in [0.29, 0.717) is 19.6 Å². The van der Waals surface area contributed by atoms with E-state index < -0.39 is 0 Å². The maximum Gasteiger partial charge on any atom is 0.226 e. The van der Waals surface area contributed by atoms with Gasteiger partial charge < -0.3 is 19.1 Å². The van der Waals surface area contributed by atoms with Crippen LogP contribution < -0.4 is 9.47 Å². The Bertz CT molecular complexity index is 679. The smallest absolute Gasteiger partial charge is 0.226 e. The Labute approximate surface area is 141 Å². The molecule has 6 nitrogen and oxygen atoms in total. The van der Waals surface area contributed by atoms with E-state index in [1.54, 1.807) is 0 Å². The largest absolute Gasteiger partial charge is 0.486 e. The van der Waals surface area contributed by atoms with Gasteiger partial charge in [-0.1, -0.05) is 6.07 Å². The normalized spacial score (nSPS) is 31.9. The molecule has 0 radical (unpaired) electrons. The number of carbonyl (C=O) groups is 1. The summed E-state index contributed by atoms with van der Waals surface area (Å²) in [4.78, 5) is 16.8. The number of nitrogens with zero attached hydrogens (tertiary/aromatic N) is 2. The van der Waals surface area contributed by atoms with Crippen LogP contribution in [0.2, 0.25) is 0 Å². The highest BCUT2D eigenvalue weighted by atomic mass is 16.6. The molecule has 128 valence electrons. The van der Waals surface area contributed by atoms with Gasteiger partial charge in [0.2, 0.25) is 5.91 Å². The highest BCUT2D eigenvalue weighted by Gasteiger charge is 2.60. The van der Waals surface area contributed by atoms with Gasteiger partial charge in [0.05, 0.1) is 12.6 Å². The van der Waals surface area contributed by atoms with E-state index >= 15 is 0 Å². The quantitative estimate of drug-likeness (QED) is 0.820. The van der Waals surface area contributed by atoms with Gasteiger partial charge in [0.25, 0.3) is 0 Å². The second kappa shape index (κ2) is 5.36. The van der Waals surface area contributed by atoms with Crippen LogP contribution in [-0.4, -0.2) is 60.4 Å². The first-order valence-corrected chi connectivity index (χ1v) is 8.83. The number of hydrogen-bond acceptors (Lipinski definition) is 5. The molecule has 1 aromatic carbocycles. The first-order chi connectivity index (χ1) is 11.8. The molecule has 2 atom stereocenters. The van der Waals surface area contributed by atoms with Crippen molar-refractivity contribution in [3.05, 3.63) is 23.8 Å². The van der Waals surface area contributed by atoms with E-state index in [4.69, 9.17) is 14.2 Å². The van der Waals surface area contributed by atoms with Crippen molar-refractivity contribution >= 4 is 5.91 Å². The van der Waals surface area contributed by atoms with E-state index in [0.717, 1.165) is 50.6 Å². The van der Waals surface area contributed by atoms with Crippen LogP contribution in [0.5, 0.6) is 11.5 Å². The van der Waals surface area contributed by atoms with Gasteiger partial charge in [-0.2, -0.15) is 0 Å². The average Bonchev–Trinajstić information content (AvgIpc) is 3.08. The molecule has 3 fully saturated rings. The molecule has 6 heteroatoms. The minimum absolute atomic E-state index is 0.165. The minimum atomic E-state index is -0.372. The minimum Gasteiger partial charge on any atom is -0.486 e. The lowest BCUT2D eigenvalue weighted by Gasteiger charge is -2.42. The van der Waals surface area contributed by atoms with Crippen molar-refractivity contribution in [3.63, 3.8) is 0 Å². The zero-order valence-electron chi connectivity index (χ0n) is 13.7. The third-order valence-electron chi connectivity index (χ3n) is 5.71. The number of ether oxygens (including phenoxy) is 3. The molecule has 5 rings (SSSR count). The van der Waals surface area contributed by atoms with Gasteiger partial charge in [-0.3, -0.25) is 9.69 Å². The topological polar surface area (TPSA) is 51.2 Å². The Morgan fingerprint density at radius 3 is 2.92 bits per heavy atom. The van der Waals surface area contributed by atoms with Gasteiger partial charge in [-0.25, -0.2) is 0 Å². The van der Waals surface area contributed by atoms with Crippen molar-refractivity contribution in [1.29, 1.82) is 0 Å². The Morgan fingerprint density at radius 1 is 1.12 bits per heavy atom. The number of carbonyl (C=O) groups excluding carboxylic acids is 1. The first kappa shape index (κ1) is 14.5. The summed E-state index contributed by atoms with van der Waals surface area (Å²) in [5.74, 6) is 1.89. The second-order valence-electron chi connectivity index (χ2n) is 7.01. The number of likely N-dealkylation sites (tertiary alicyclic amines) is 1. The predicted octanol–water partition coefficient (Wildman–Crippen LogP) is 1.38. The van der Waals surface area contributed by atoms with Crippen LogP contribution in [0.1, 0.15) is 24.8 Å². The number of benzene rings is 1. The van der Waals surface area contributed by atoms with Gasteiger partial charge >= 0.3 is 0 Å². The Balaban J connectivity index is 1.38. The Hall–Kier alpha value is -1.79. The monoisotopic (exact) mass is 330 g/mol. The van der Waals surface area contributed by atoms with Crippen molar-refractivity contribution in [2.75, 3.05) is 32.9 Å². The van der Waals surface area contributed by atoms with E-state index in [-0.39, 0.29) is 17.7 Å². The standard InChI is InChI=1S/C18H22N2O4/c21-17-11-16-18(20(17)5-1-7-24-18)4-6-19(16)12-13-2-3-14-15(10-13)23-9-8-22-14/h2-3,10,16H,1,4-9,11-12H2/t16-,18+/m1/s1. The van der Waals surface area contributed by atoms with Crippen LogP contribution in [0, 0.1) is 0 Å². The number of amides is 1. The van der Waals surface area contributed by atoms with Gasteiger partial charge in [0.15, 0.2) is 17.2 Å². The molecule has 1 spiro atoms. The van der Waals surface area contributed by atoms with Crippen LogP contribution in [0.15, 0.2) is 18.2 Å². The Morgan fingerprint density at radius 2 is 2.00 bits per heavy atom. The molecule has 1 amide bonds. The molecule has 24 heavy (non-hydrogen) atoms. The third kappa shape index (κ3) is 2.06. The fraction of sp³-hybridized carbons (Fsp3) is 0.611. The molecule has 0 aliphatic carbocycles. The number of hydrogen-bond donors (Lipinski definition) is 0. The van der Waals surface area contributed by atoms with E-state index in [1.165, 1.54) is 5.56 Å². The van der Waals surface area contributed by atoms with Gasteiger partial charge in [-0.05, 0) is 24.1 Å². The molecule has 0 saturated carbocycles. The van der Waals surface area contributed by atoms with Crippen LogP contribution in [0.3, 0.4) is 0 Å². The summed E-state index contributed by atoms with van der Waals surface area (Å²) in [6.07, 6.45) is 2.43. The molecule has 0 aromatic heterocycles. The molecule has 0 bridgehead atoms. The van der Waals surface area contributed by atoms with Crippen molar-refractivity contribution in [3.8, 4) is 11.5 Å². The van der Waals surface area contributed by atoms with E-state index in [1.807, 2.05) is 11.0 Å². The highest BCUT2D eigenvalue weighted by molar-refractivity contribution is 5.81. The maximum atomic E-state index is 12.4. The molecule has 3 saturated heterocycles. The third-order valence-corrected chi connectivity index (χ3v) is 5.71. The summed E-state index contributed by atoms with van der Waals surface area (Å²) < 4.78 is 17.4. The zero-order chi connectivity index (χ0) is 16.1. The summed E-state index contributed by atoms with van der Waals surface area (Å²) in [7, 11) is 0. The Kier molecular flexibility index (Phi) is 3.25. The number of rotatable bonds is 2. The summed E-state index contributed by atoms with van der Waals surface area (Å²) in [6, 6.07) is 6.31. The van der Waals surface area contributed by atoms with Gasteiger partial charge in [0, 0.05) is 32.5 Å². The maximum absolute atomic E-state index is 12.4. The van der Waals surface area contributed by atoms with Crippen LogP contribution in [-0.2, 0) is 16.1 Å². The lowest BCUT2D eigenvalue weighted by molar-refractivity contribution is -0.180. The summed E-state index contributed by atoms with van der Waals surface area (Å²) in [5.41, 5.74) is 0.821. The average molecular weight is 330 g/mol. The number of fused-ring (bicyclic) bond motifs is 1. The molecule has 0 unspecified atom stereocenters. The zero-order valence-corrected chi connectivity index (χ0v) is 13.7. The molecule has 0 N–H and O–H groups in total. The van der Waals surface area contributed by atoms with Crippen molar-refractivity contribution in [1.82, 2.24) is 9.80 Å². The predicted molar refractivity (Wildman–Crippen MR) is 85.9 cm³/mol. The second-order valence-corrected chi connectivity index (χ2v) is 7.01. The first-order valence-electron chi connectivity index (χ1n) is 8.83. The van der Waals surface area contributed by atoms with Crippen molar-refractivity contribution in [2.45, 2.75) is 37.6 Å². The van der Waals surface area contributed by atoms with Gasteiger partial charge in [0.1, 0.15) is 13.2 Å². The fourth-order valence-corrected chi connectivity index (χ4v) is 4.64. The summed E-state index contributed by atoms with van der Waals surface area (Å²) >= 11 is 0. The molecule has 4 aliphatic heterocycles. The van der Waals surface area contributed by atoms with Crippen molar-refractivity contribution in [2.24, 2.45) is 0 Å². The summed E-state index contributed by atoms with van der Waals surface area (Å²) in [6.45, 7) is 4.59. The SMILES string of the molecule is O=C1C[C@H]2N(Cc3ccc4c(c3)OCCO4)CC[C@]23OCCCN13. The van der Waals surface area contributed by atoms with E-state index in [9.17, 15) is 4.79 Å². The van der Waals surface area contributed by atoms with Crippen LogP contribution in [0.4, 0.5) is 0 Å².